The van der Waals surface area contributed by atoms with Gasteiger partial charge in [-0.3, -0.25) is 4.79 Å². The van der Waals surface area contributed by atoms with Crippen LogP contribution in [-0.2, 0) is 9.53 Å². The zero-order chi connectivity index (χ0) is 15.6. The van der Waals surface area contributed by atoms with Crippen LogP contribution in [-0.4, -0.2) is 44.2 Å². The van der Waals surface area contributed by atoms with Crippen LogP contribution in [0.2, 0.25) is 0 Å². The number of nitrogens with zero attached hydrogens (tertiary/aromatic N) is 1. The summed E-state index contributed by atoms with van der Waals surface area (Å²) in [4.78, 5) is 14.9. The standard InChI is InChI=1S/C18H25NO3/c1-18(8-10-19(2)11-9-18)13-22-17(20)15-7-12-21-16-6-4-3-5-14(15)16/h3-6,15H,7-13H2,1-2H3. The van der Waals surface area contributed by atoms with Crippen LogP contribution in [0.4, 0.5) is 0 Å². The Morgan fingerprint density at radius 1 is 1.36 bits per heavy atom. The van der Waals surface area contributed by atoms with E-state index in [1.54, 1.807) is 0 Å². The number of benzene rings is 1. The number of carbonyl (C=O) groups is 1. The first-order valence-corrected chi connectivity index (χ1v) is 8.14. The highest BCUT2D eigenvalue weighted by Gasteiger charge is 2.33. The lowest BCUT2D eigenvalue weighted by atomic mass is 9.81. The molecule has 0 spiro atoms. The maximum Gasteiger partial charge on any atom is 0.313 e. The first-order chi connectivity index (χ1) is 10.6. The number of para-hydroxylation sites is 1. The molecule has 0 radical (unpaired) electrons. The van der Waals surface area contributed by atoms with Crippen molar-refractivity contribution >= 4 is 5.97 Å². The fourth-order valence-corrected chi connectivity index (χ4v) is 3.24. The number of rotatable bonds is 3. The summed E-state index contributed by atoms with van der Waals surface area (Å²) in [5.41, 5.74) is 1.08. The van der Waals surface area contributed by atoms with Gasteiger partial charge in [-0.05, 0) is 45.5 Å². The van der Waals surface area contributed by atoms with E-state index in [2.05, 4.69) is 18.9 Å². The molecule has 0 aliphatic carbocycles. The van der Waals surface area contributed by atoms with Crippen molar-refractivity contribution < 1.29 is 14.3 Å². The normalized spacial score (nSPS) is 24.2. The van der Waals surface area contributed by atoms with Crippen molar-refractivity contribution in [2.75, 3.05) is 33.4 Å². The van der Waals surface area contributed by atoms with Crippen molar-refractivity contribution in [3.8, 4) is 5.75 Å². The predicted octanol–water partition coefficient (Wildman–Crippen LogP) is 2.83. The van der Waals surface area contributed by atoms with Crippen molar-refractivity contribution in [2.45, 2.75) is 32.1 Å². The van der Waals surface area contributed by atoms with E-state index in [-0.39, 0.29) is 17.3 Å². The molecule has 3 rings (SSSR count). The zero-order valence-electron chi connectivity index (χ0n) is 13.5. The van der Waals surface area contributed by atoms with Crippen LogP contribution in [0.3, 0.4) is 0 Å². The Bertz CT molecular complexity index is 535. The molecule has 0 bridgehead atoms. The van der Waals surface area contributed by atoms with Gasteiger partial charge < -0.3 is 14.4 Å². The van der Waals surface area contributed by atoms with Gasteiger partial charge in [0.15, 0.2) is 0 Å². The fourth-order valence-electron chi connectivity index (χ4n) is 3.24. The summed E-state index contributed by atoms with van der Waals surface area (Å²) >= 11 is 0. The minimum Gasteiger partial charge on any atom is -0.493 e. The Hall–Kier alpha value is -1.55. The lowest BCUT2D eigenvalue weighted by Gasteiger charge is -2.37. The topological polar surface area (TPSA) is 38.8 Å². The number of carbonyl (C=O) groups excluding carboxylic acids is 1. The van der Waals surface area contributed by atoms with E-state index in [1.807, 2.05) is 24.3 Å². The van der Waals surface area contributed by atoms with Gasteiger partial charge in [-0.1, -0.05) is 25.1 Å². The second-order valence-electron chi connectivity index (χ2n) is 6.95. The molecule has 22 heavy (non-hydrogen) atoms. The minimum atomic E-state index is -0.181. The number of hydrogen-bond donors (Lipinski definition) is 0. The molecule has 1 saturated heterocycles. The number of likely N-dealkylation sites (tertiary alicyclic amines) is 1. The average molecular weight is 303 g/mol. The number of piperidine rings is 1. The van der Waals surface area contributed by atoms with Gasteiger partial charge in [0.2, 0.25) is 0 Å². The predicted molar refractivity (Wildman–Crippen MR) is 85.1 cm³/mol. The maximum atomic E-state index is 12.5. The van der Waals surface area contributed by atoms with Gasteiger partial charge in [-0.2, -0.15) is 0 Å². The van der Waals surface area contributed by atoms with Crippen LogP contribution in [0.15, 0.2) is 24.3 Å². The van der Waals surface area contributed by atoms with Gasteiger partial charge in [0.25, 0.3) is 0 Å². The monoisotopic (exact) mass is 303 g/mol. The molecule has 4 nitrogen and oxygen atoms in total. The molecule has 120 valence electrons. The van der Waals surface area contributed by atoms with Gasteiger partial charge in [0, 0.05) is 11.0 Å². The Kier molecular flexibility index (Phi) is 4.39. The van der Waals surface area contributed by atoms with Crippen molar-refractivity contribution in [1.82, 2.24) is 4.90 Å². The third-order valence-corrected chi connectivity index (χ3v) is 5.00. The summed E-state index contributed by atoms with van der Waals surface area (Å²) < 4.78 is 11.3. The first kappa shape index (κ1) is 15.3. The molecule has 2 aliphatic heterocycles. The van der Waals surface area contributed by atoms with Crippen molar-refractivity contribution in [1.29, 1.82) is 0 Å². The molecule has 1 atom stereocenters. The molecular formula is C18H25NO3. The van der Waals surface area contributed by atoms with Crippen molar-refractivity contribution in [3.05, 3.63) is 29.8 Å². The smallest absolute Gasteiger partial charge is 0.313 e. The van der Waals surface area contributed by atoms with E-state index in [9.17, 15) is 4.79 Å². The largest absolute Gasteiger partial charge is 0.493 e. The average Bonchev–Trinajstić information content (AvgIpc) is 2.55. The molecular weight excluding hydrogens is 278 g/mol. The van der Waals surface area contributed by atoms with Crippen molar-refractivity contribution in [3.63, 3.8) is 0 Å². The molecule has 4 heteroatoms. The van der Waals surface area contributed by atoms with Gasteiger partial charge in [-0.25, -0.2) is 0 Å². The Morgan fingerprint density at radius 2 is 2.09 bits per heavy atom. The summed E-state index contributed by atoms with van der Waals surface area (Å²) in [5.74, 6) is 0.539. The summed E-state index contributed by atoms with van der Waals surface area (Å²) in [6.07, 6.45) is 2.87. The molecule has 1 unspecified atom stereocenters. The maximum absolute atomic E-state index is 12.5. The molecule has 1 aromatic rings. The van der Waals surface area contributed by atoms with E-state index in [0.29, 0.717) is 19.6 Å². The molecule has 2 aliphatic rings. The van der Waals surface area contributed by atoms with Gasteiger partial charge in [0.1, 0.15) is 5.75 Å². The second-order valence-corrected chi connectivity index (χ2v) is 6.95. The Labute approximate surface area is 132 Å². The van der Waals surface area contributed by atoms with Gasteiger partial charge >= 0.3 is 5.97 Å². The number of esters is 1. The quantitative estimate of drug-likeness (QED) is 0.805. The Balaban J connectivity index is 1.61. The zero-order valence-corrected chi connectivity index (χ0v) is 13.5. The third kappa shape index (κ3) is 3.27. The summed E-state index contributed by atoms with van der Waals surface area (Å²) in [5, 5.41) is 0. The van der Waals surface area contributed by atoms with E-state index in [1.165, 1.54) is 0 Å². The highest BCUT2D eigenvalue weighted by Crippen LogP contribution is 2.35. The summed E-state index contributed by atoms with van der Waals surface area (Å²) in [7, 11) is 2.14. The van der Waals surface area contributed by atoms with Crippen LogP contribution < -0.4 is 4.74 Å². The number of hydrogen-bond acceptors (Lipinski definition) is 4. The molecule has 0 saturated carbocycles. The third-order valence-electron chi connectivity index (χ3n) is 5.00. The summed E-state index contributed by atoms with van der Waals surface area (Å²) in [6, 6.07) is 7.78. The van der Waals surface area contributed by atoms with E-state index in [4.69, 9.17) is 9.47 Å². The lowest BCUT2D eigenvalue weighted by Crippen LogP contribution is -2.39. The molecule has 2 heterocycles. The molecule has 1 fully saturated rings. The second kappa shape index (κ2) is 6.29. The first-order valence-electron chi connectivity index (χ1n) is 8.14. The number of ether oxygens (including phenoxy) is 2. The summed E-state index contributed by atoms with van der Waals surface area (Å²) in [6.45, 7) is 5.49. The van der Waals surface area contributed by atoms with Crippen LogP contribution in [0, 0.1) is 5.41 Å². The van der Waals surface area contributed by atoms with Crippen LogP contribution in [0.5, 0.6) is 5.75 Å². The van der Waals surface area contributed by atoms with Crippen molar-refractivity contribution in [2.24, 2.45) is 5.41 Å². The Morgan fingerprint density at radius 3 is 2.86 bits per heavy atom. The molecule has 1 aromatic carbocycles. The van der Waals surface area contributed by atoms with Crippen LogP contribution >= 0.6 is 0 Å². The van der Waals surface area contributed by atoms with Gasteiger partial charge in [0.05, 0.1) is 19.1 Å². The van der Waals surface area contributed by atoms with E-state index in [0.717, 1.165) is 37.2 Å². The fraction of sp³-hybridized carbons (Fsp3) is 0.611. The van der Waals surface area contributed by atoms with Crippen LogP contribution in [0.1, 0.15) is 37.7 Å². The molecule has 0 aromatic heterocycles. The molecule has 0 N–H and O–H groups in total. The van der Waals surface area contributed by atoms with Gasteiger partial charge in [-0.15, -0.1) is 0 Å². The SMILES string of the molecule is CN1CCC(C)(COC(=O)C2CCOc3ccccc32)CC1. The van der Waals surface area contributed by atoms with Crippen LogP contribution in [0.25, 0.3) is 0 Å². The lowest BCUT2D eigenvalue weighted by molar-refractivity contribution is -0.150. The highest BCUT2D eigenvalue weighted by molar-refractivity contribution is 5.79. The minimum absolute atomic E-state index is 0.101. The highest BCUT2D eigenvalue weighted by atomic mass is 16.5. The van der Waals surface area contributed by atoms with E-state index >= 15 is 0 Å². The molecule has 0 amide bonds. The van der Waals surface area contributed by atoms with E-state index < -0.39 is 0 Å². The number of fused-ring (bicyclic) bond motifs is 1.